The molecule has 0 heterocycles. The third kappa shape index (κ3) is 41.2. The summed E-state index contributed by atoms with van der Waals surface area (Å²) in [6, 6.07) is -0.879. The van der Waals surface area contributed by atoms with Crippen molar-refractivity contribution in [1.82, 2.24) is 5.32 Å². The predicted octanol–water partition coefficient (Wildman–Crippen LogP) is 12.5. The minimum Gasteiger partial charge on any atom is -0.756 e. The Bertz CT molecular complexity index is 911. The first-order chi connectivity index (χ1) is 26.5. The number of hydrogen-bond donors (Lipinski definition) is 2. The van der Waals surface area contributed by atoms with Gasteiger partial charge in [0.25, 0.3) is 7.82 Å². The van der Waals surface area contributed by atoms with Crippen LogP contribution in [-0.4, -0.2) is 68.5 Å². The molecule has 0 radical (unpaired) electrons. The average molecular weight is 801 g/mol. The summed E-state index contributed by atoms with van der Waals surface area (Å²) in [7, 11) is 1.27. The van der Waals surface area contributed by atoms with Crippen molar-refractivity contribution < 1.29 is 32.9 Å². The van der Waals surface area contributed by atoms with E-state index < -0.39 is 20.0 Å². The number of quaternary nitrogens is 1. The highest BCUT2D eigenvalue weighted by Crippen LogP contribution is 2.38. The van der Waals surface area contributed by atoms with Crippen LogP contribution in [0.3, 0.4) is 0 Å². The molecule has 0 saturated heterocycles. The second-order valence-corrected chi connectivity index (χ2v) is 18.9. The molecule has 0 aromatic carbocycles. The van der Waals surface area contributed by atoms with Crippen molar-refractivity contribution in [2.75, 3.05) is 40.9 Å². The fourth-order valence-corrected chi connectivity index (χ4v) is 7.70. The van der Waals surface area contributed by atoms with Gasteiger partial charge in [0.15, 0.2) is 0 Å². The molecule has 3 unspecified atom stereocenters. The minimum absolute atomic E-state index is 0.00208. The molecule has 0 spiro atoms. The zero-order valence-corrected chi connectivity index (χ0v) is 38.0. The van der Waals surface area contributed by atoms with Gasteiger partial charge in [0.1, 0.15) is 13.2 Å². The minimum atomic E-state index is -4.58. The number of phosphoric acid groups is 1. The summed E-state index contributed by atoms with van der Waals surface area (Å²) < 4.78 is 23.2. The Morgan fingerprint density at radius 1 is 0.618 bits per heavy atom. The lowest BCUT2D eigenvalue weighted by Crippen LogP contribution is -2.45. The monoisotopic (exact) mass is 801 g/mol. The number of carbonyl (C=O) groups is 1. The number of carbonyl (C=O) groups excluding carboxylic acids is 1. The van der Waals surface area contributed by atoms with Crippen molar-refractivity contribution in [2.45, 2.75) is 238 Å². The van der Waals surface area contributed by atoms with E-state index in [9.17, 15) is 19.4 Å². The number of phosphoric ester groups is 1. The van der Waals surface area contributed by atoms with Crippen molar-refractivity contribution in [3.63, 3.8) is 0 Å². The van der Waals surface area contributed by atoms with Gasteiger partial charge in [-0.3, -0.25) is 9.36 Å². The van der Waals surface area contributed by atoms with E-state index in [0.29, 0.717) is 17.4 Å². The fraction of sp³-hybridized carbons (Fsp3) is 0.935. The topological polar surface area (TPSA) is 108 Å². The lowest BCUT2D eigenvalue weighted by atomic mass is 10.0. The largest absolute Gasteiger partial charge is 0.756 e. The van der Waals surface area contributed by atoms with Gasteiger partial charge in [-0.2, -0.15) is 0 Å². The molecule has 9 heteroatoms. The van der Waals surface area contributed by atoms with Crippen LogP contribution in [0.25, 0.3) is 0 Å². The average Bonchev–Trinajstić information content (AvgIpc) is 3.13. The van der Waals surface area contributed by atoms with E-state index in [4.69, 9.17) is 9.05 Å². The first-order valence-corrected chi connectivity index (χ1v) is 25.0. The smallest absolute Gasteiger partial charge is 0.268 e. The molecule has 0 aromatic rings. The molecule has 8 nitrogen and oxygen atoms in total. The van der Waals surface area contributed by atoms with Gasteiger partial charge in [0, 0.05) is 6.42 Å². The first-order valence-electron chi connectivity index (χ1n) is 23.6. The third-order valence-electron chi connectivity index (χ3n) is 10.7. The number of hydrogen-bond acceptors (Lipinski definition) is 6. The van der Waals surface area contributed by atoms with Gasteiger partial charge in [0.2, 0.25) is 5.91 Å². The van der Waals surface area contributed by atoms with Crippen LogP contribution < -0.4 is 10.2 Å². The van der Waals surface area contributed by atoms with Gasteiger partial charge in [-0.05, 0) is 19.3 Å². The van der Waals surface area contributed by atoms with Crippen LogP contribution in [0.4, 0.5) is 0 Å². The number of likely N-dealkylation sites (N-methyl/N-ethyl adjacent to an activating group) is 1. The van der Waals surface area contributed by atoms with Gasteiger partial charge < -0.3 is 28.8 Å². The Labute approximate surface area is 342 Å². The summed E-state index contributed by atoms with van der Waals surface area (Å²) >= 11 is 0. The highest BCUT2D eigenvalue weighted by molar-refractivity contribution is 7.45. The van der Waals surface area contributed by atoms with E-state index >= 15 is 0 Å². The molecule has 3 atom stereocenters. The number of allylic oxidation sites excluding steroid dienone is 1. The third-order valence-corrected chi connectivity index (χ3v) is 11.7. The molecule has 0 aliphatic carbocycles. The maximum atomic E-state index is 12.9. The molecule has 328 valence electrons. The lowest BCUT2D eigenvalue weighted by Gasteiger charge is -2.29. The Hall–Kier alpha value is -0.760. The van der Waals surface area contributed by atoms with Crippen LogP contribution in [0.5, 0.6) is 0 Å². The molecular formula is C46H93N2O6P. The zero-order valence-electron chi connectivity index (χ0n) is 37.1. The van der Waals surface area contributed by atoms with Crippen LogP contribution in [0.1, 0.15) is 226 Å². The molecule has 0 aromatic heterocycles. The lowest BCUT2D eigenvalue weighted by molar-refractivity contribution is -0.870. The second-order valence-electron chi connectivity index (χ2n) is 17.5. The summed E-state index contributed by atoms with van der Waals surface area (Å²) in [5.74, 6) is -0.194. The predicted molar refractivity (Wildman–Crippen MR) is 233 cm³/mol. The number of aliphatic hydroxyl groups is 1. The maximum Gasteiger partial charge on any atom is 0.268 e. The van der Waals surface area contributed by atoms with Crippen LogP contribution in [0.2, 0.25) is 0 Å². The first kappa shape index (κ1) is 54.2. The second kappa shape index (κ2) is 38.7. The highest BCUT2D eigenvalue weighted by Gasteiger charge is 2.23. The van der Waals surface area contributed by atoms with Crippen molar-refractivity contribution in [3.8, 4) is 0 Å². The molecule has 55 heavy (non-hydrogen) atoms. The Balaban J connectivity index is 4.26. The molecule has 0 aliphatic heterocycles. The van der Waals surface area contributed by atoms with Gasteiger partial charge in [-0.25, -0.2) is 0 Å². The number of nitrogens with one attached hydrogen (secondary N) is 1. The summed E-state index contributed by atoms with van der Waals surface area (Å²) in [6.45, 7) is 4.66. The highest BCUT2D eigenvalue weighted by atomic mass is 31.2. The number of unbranched alkanes of at least 4 members (excludes halogenated alkanes) is 30. The van der Waals surface area contributed by atoms with E-state index in [1.807, 2.05) is 27.2 Å². The Morgan fingerprint density at radius 3 is 1.36 bits per heavy atom. The quantitative estimate of drug-likeness (QED) is 0.0275. The van der Waals surface area contributed by atoms with Crippen LogP contribution in [0.15, 0.2) is 12.2 Å². The summed E-state index contributed by atoms with van der Waals surface area (Å²) in [5.41, 5.74) is 0. The molecule has 0 fully saturated rings. The standard InChI is InChI=1S/C46H93N2O6P/c1-6-8-10-12-14-16-18-20-21-22-23-24-25-26-27-28-30-32-34-36-38-40-46(50)47-44(43-54-55(51,52)53-42-41-48(3,4)5)45(49)39-37-35-33-31-29-19-17-15-13-11-9-7-2/h37,39,44-45,49H,6-36,38,40-43H2,1-5H3,(H-,47,50,51,52)/b39-37+. The molecule has 2 N–H and O–H groups in total. The van der Waals surface area contributed by atoms with Crippen molar-refractivity contribution in [3.05, 3.63) is 12.2 Å². The normalized spacial score (nSPS) is 14.4. The van der Waals surface area contributed by atoms with Crippen LogP contribution in [0, 0.1) is 0 Å². The molecule has 0 saturated carbocycles. The van der Waals surface area contributed by atoms with Crippen molar-refractivity contribution in [2.24, 2.45) is 0 Å². The number of rotatable bonds is 43. The number of aliphatic hydroxyl groups excluding tert-OH is 1. The van der Waals surface area contributed by atoms with Gasteiger partial charge in [-0.1, -0.05) is 212 Å². The van der Waals surface area contributed by atoms with Crippen LogP contribution >= 0.6 is 7.82 Å². The Kier molecular flexibility index (Phi) is 38.2. The van der Waals surface area contributed by atoms with Gasteiger partial charge in [-0.15, -0.1) is 0 Å². The SMILES string of the molecule is CCCCCCCCCCCC/C=C/C(O)C(COP(=O)([O-])OCC[N+](C)(C)C)NC(=O)CCCCCCCCCCCCCCCCCCCCCCC. The van der Waals surface area contributed by atoms with E-state index in [2.05, 4.69) is 19.2 Å². The molecule has 0 aliphatic rings. The maximum absolute atomic E-state index is 12.9. The van der Waals surface area contributed by atoms with Crippen molar-refractivity contribution in [1.29, 1.82) is 0 Å². The fourth-order valence-electron chi connectivity index (χ4n) is 6.98. The van der Waals surface area contributed by atoms with Gasteiger partial charge >= 0.3 is 0 Å². The van der Waals surface area contributed by atoms with Gasteiger partial charge in [0.05, 0.1) is 39.9 Å². The van der Waals surface area contributed by atoms with E-state index in [1.165, 1.54) is 167 Å². The summed E-state index contributed by atoms with van der Waals surface area (Å²) in [5, 5.41) is 13.8. The van der Waals surface area contributed by atoms with E-state index in [1.54, 1.807) is 6.08 Å². The molecule has 0 bridgehead atoms. The van der Waals surface area contributed by atoms with E-state index in [0.717, 1.165) is 38.5 Å². The molecular weight excluding hydrogens is 707 g/mol. The number of amides is 1. The Morgan fingerprint density at radius 2 is 0.982 bits per heavy atom. The molecule has 1 amide bonds. The summed E-state index contributed by atoms with van der Waals surface area (Å²) in [6.07, 6.45) is 44.0. The summed E-state index contributed by atoms with van der Waals surface area (Å²) in [4.78, 5) is 25.3. The van der Waals surface area contributed by atoms with Crippen LogP contribution in [-0.2, 0) is 18.4 Å². The van der Waals surface area contributed by atoms with E-state index in [-0.39, 0.29) is 19.1 Å². The van der Waals surface area contributed by atoms with Crippen molar-refractivity contribution >= 4 is 13.7 Å². The molecule has 0 rings (SSSR count). The number of nitrogens with zero attached hydrogens (tertiary/aromatic N) is 1. The zero-order chi connectivity index (χ0) is 40.7.